The molecule has 0 bridgehead atoms. The van der Waals surface area contributed by atoms with Crippen molar-refractivity contribution in [2.24, 2.45) is 11.8 Å². The lowest BCUT2D eigenvalue weighted by Crippen LogP contribution is -2.42. The molecule has 1 unspecified atom stereocenters. The Bertz CT molecular complexity index is 452. The van der Waals surface area contributed by atoms with Gasteiger partial charge in [0.1, 0.15) is 6.04 Å². The maximum atomic E-state index is 12.6. The van der Waals surface area contributed by atoms with Crippen LogP contribution in [-0.2, 0) is 14.3 Å². The minimum Gasteiger partial charge on any atom is -0.480 e. The van der Waals surface area contributed by atoms with E-state index in [1.807, 2.05) is 20.8 Å². The first-order chi connectivity index (χ1) is 11.4. The molecule has 0 aromatic heterocycles. The van der Waals surface area contributed by atoms with Crippen molar-refractivity contribution in [3.05, 3.63) is 0 Å². The highest BCUT2D eigenvalue weighted by Gasteiger charge is 2.41. The fraction of sp³-hybridized carbons (Fsp3) is 0.882. The third-order valence-electron chi connectivity index (χ3n) is 4.36. The predicted octanol–water partition coefficient (Wildman–Crippen LogP) is 3.52. The second-order valence-electron chi connectivity index (χ2n) is 7.67. The van der Waals surface area contributed by atoms with Gasteiger partial charge in [-0.05, 0) is 52.4 Å². The van der Waals surface area contributed by atoms with Crippen molar-refractivity contribution < 1.29 is 32.6 Å². The quantitative estimate of drug-likeness (QED) is 0.722. The van der Waals surface area contributed by atoms with Crippen LogP contribution in [-0.4, -0.2) is 41.4 Å². The summed E-state index contributed by atoms with van der Waals surface area (Å²) < 4.78 is 43.4. The molecule has 1 fully saturated rings. The van der Waals surface area contributed by atoms with E-state index in [0.717, 1.165) is 0 Å². The third-order valence-corrected chi connectivity index (χ3v) is 4.36. The van der Waals surface area contributed by atoms with Crippen molar-refractivity contribution in [3.63, 3.8) is 0 Å². The summed E-state index contributed by atoms with van der Waals surface area (Å²) in [4.78, 5) is 23.3. The van der Waals surface area contributed by atoms with Crippen LogP contribution in [0.15, 0.2) is 0 Å². The molecule has 0 heterocycles. The summed E-state index contributed by atoms with van der Waals surface area (Å²) in [7, 11) is 0. The second-order valence-corrected chi connectivity index (χ2v) is 7.67. The van der Waals surface area contributed by atoms with Crippen LogP contribution in [0.5, 0.6) is 0 Å². The first kappa shape index (κ1) is 21.7. The summed E-state index contributed by atoms with van der Waals surface area (Å²) in [5.74, 6) is -2.99. The Balaban J connectivity index is 2.39. The fourth-order valence-corrected chi connectivity index (χ4v) is 2.95. The molecule has 0 spiro atoms. The molecule has 1 aliphatic rings. The molecule has 1 amide bonds. The molecule has 146 valence electrons. The lowest BCUT2D eigenvalue weighted by Gasteiger charge is -2.29. The summed E-state index contributed by atoms with van der Waals surface area (Å²) >= 11 is 0. The molecule has 0 radical (unpaired) electrons. The molecule has 1 aliphatic carbocycles. The molecular weight excluding hydrogens is 339 g/mol. The number of aliphatic carboxylic acids is 1. The maximum absolute atomic E-state index is 12.6. The zero-order chi connectivity index (χ0) is 19.3. The molecule has 1 rings (SSSR count). The van der Waals surface area contributed by atoms with Crippen LogP contribution in [0.4, 0.5) is 13.2 Å². The monoisotopic (exact) mass is 367 g/mol. The third kappa shape index (κ3) is 8.56. The number of amides is 1. The average molecular weight is 367 g/mol. The number of carboxylic acid groups (broad SMARTS) is 1. The van der Waals surface area contributed by atoms with Crippen molar-refractivity contribution in [3.8, 4) is 0 Å². The number of nitrogens with one attached hydrogen (secondary N) is 1. The van der Waals surface area contributed by atoms with Gasteiger partial charge in [0, 0.05) is 19.4 Å². The normalized spacial score (nSPS) is 23.1. The van der Waals surface area contributed by atoms with Gasteiger partial charge in [0.05, 0.1) is 11.5 Å². The Morgan fingerprint density at radius 3 is 2.16 bits per heavy atom. The number of halogens is 3. The van der Waals surface area contributed by atoms with Gasteiger partial charge in [0.15, 0.2) is 0 Å². The molecule has 1 atom stereocenters. The molecule has 2 N–H and O–H groups in total. The van der Waals surface area contributed by atoms with Crippen molar-refractivity contribution in [2.45, 2.75) is 77.1 Å². The van der Waals surface area contributed by atoms with E-state index in [4.69, 9.17) is 4.74 Å². The number of hydrogen-bond donors (Lipinski definition) is 2. The van der Waals surface area contributed by atoms with Crippen LogP contribution in [0, 0.1) is 11.8 Å². The highest BCUT2D eigenvalue weighted by molar-refractivity contribution is 5.83. The van der Waals surface area contributed by atoms with Gasteiger partial charge in [0.25, 0.3) is 0 Å². The number of alkyl halides is 3. The molecule has 1 saturated carbocycles. The first-order valence-corrected chi connectivity index (χ1v) is 8.61. The largest absolute Gasteiger partial charge is 0.480 e. The van der Waals surface area contributed by atoms with Gasteiger partial charge < -0.3 is 15.2 Å². The second kappa shape index (κ2) is 8.87. The SMILES string of the molecule is CC(C)(C)OCCC(NC(=O)CC1CCC(C(F)(F)F)CC1)C(=O)O. The van der Waals surface area contributed by atoms with E-state index < -0.39 is 35.6 Å². The Hall–Kier alpha value is -1.31. The molecule has 0 aromatic rings. The van der Waals surface area contributed by atoms with E-state index in [9.17, 15) is 27.9 Å². The van der Waals surface area contributed by atoms with Gasteiger partial charge in [0.2, 0.25) is 5.91 Å². The Morgan fingerprint density at radius 1 is 1.16 bits per heavy atom. The minimum absolute atomic E-state index is 0.0310. The molecule has 25 heavy (non-hydrogen) atoms. The summed E-state index contributed by atoms with van der Waals surface area (Å²) in [6, 6.07) is -1.05. The van der Waals surface area contributed by atoms with Gasteiger partial charge in [-0.15, -0.1) is 0 Å². The Labute approximate surface area is 146 Å². The smallest absolute Gasteiger partial charge is 0.391 e. The van der Waals surface area contributed by atoms with Gasteiger partial charge in [-0.2, -0.15) is 13.2 Å². The molecular formula is C17H28F3NO4. The van der Waals surface area contributed by atoms with E-state index in [1.54, 1.807) is 0 Å². The molecule has 8 heteroatoms. The predicted molar refractivity (Wildman–Crippen MR) is 86.0 cm³/mol. The lowest BCUT2D eigenvalue weighted by atomic mass is 9.80. The number of carbonyl (C=O) groups excluding carboxylic acids is 1. The van der Waals surface area contributed by atoms with Gasteiger partial charge in [-0.25, -0.2) is 4.79 Å². The molecule has 0 saturated heterocycles. The topological polar surface area (TPSA) is 75.6 Å². The molecule has 0 aromatic carbocycles. The fourth-order valence-electron chi connectivity index (χ4n) is 2.95. The highest BCUT2D eigenvalue weighted by atomic mass is 19.4. The summed E-state index contributed by atoms with van der Waals surface area (Å²) in [5, 5.41) is 11.6. The Morgan fingerprint density at radius 2 is 1.72 bits per heavy atom. The molecule has 5 nitrogen and oxygen atoms in total. The number of carbonyl (C=O) groups is 2. The van der Waals surface area contributed by atoms with E-state index >= 15 is 0 Å². The van der Waals surface area contributed by atoms with Crippen molar-refractivity contribution in [1.29, 1.82) is 0 Å². The molecule has 0 aliphatic heterocycles. The van der Waals surface area contributed by atoms with Crippen LogP contribution in [0.25, 0.3) is 0 Å². The number of hydrogen-bond acceptors (Lipinski definition) is 3. The van der Waals surface area contributed by atoms with Crippen molar-refractivity contribution in [1.82, 2.24) is 5.32 Å². The highest BCUT2D eigenvalue weighted by Crippen LogP contribution is 2.40. The lowest BCUT2D eigenvalue weighted by molar-refractivity contribution is -0.184. The standard InChI is InChI=1S/C17H28F3NO4/c1-16(2,3)25-9-8-13(15(23)24)21-14(22)10-11-4-6-12(7-5-11)17(18,19)20/h11-13H,4-10H2,1-3H3,(H,21,22)(H,23,24). The van der Waals surface area contributed by atoms with Gasteiger partial charge in [-0.1, -0.05) is 0 Å². The zero-order valence-electron chi connectivity index (χ0n) is 15.0. The average Bonchev–Trinajstić information content (AvgIpc) is 2.44. The van der Waals surface area contributed by atoms with E-state index in [1.165, 1.54) is 0 Å². The number of ether oxygens (including phenoxy) is 1. The van der Waals surface area contributed by atoms with Crippen LogP contribution in [0.3, 0.4) is 0 Å². The number of rotatable bonds is 7. The first-order valence-electron chi connectivity index (χ1n) is 8.61. The summed E-state index contributed by atoms with van der Waals surface area (Å²) in [5.41, 5.74) is -0.399. The van der Waals surface area contributed by atoms with E-state index in [0.29, 0.717) is 12.8 Å². The van der Waals surface area contributed by atoms with Crippen LogP contribution in [0.2, 0.25) is 0 Å². The Kier molecular flexibility index (Phi) is 7.71. The summed E-state index contributed by atoms with van der Waals surface area (Å²) in [6.07, 6.45) is -3.24. The van der Waals surface area contributed by atoms with Gasteiger partial charge >= 0.3 is 12.1 Å². The van der Waals surface area contributed by atoms with E-state index in [2.05, 4.69) is 5.32 Å². The number of carboxylic acids is 1. The van der Waals surface area contributed by atoms with Crippen molar-refractivity contribution >= 4 is 11.9 Å². The van der Waals surface area contributed by atoms with Crippen LogP contribution in [0.1, 0.15) is 59.3 Å². The van der Waals surface area contributed by atoms with E-state index in [-0.39, 0.29) is 38.2 Å². The van der Waals surface area contributed by atoms with Crippen LogP contribution >= 0.6 is 0 Å². The van der Waals surface area contributed by atoms with Crippen molar-refractivity contribution in [2.75, 3.05) is 6.61 Å². The zero-order valence-corrected chi connectivity index (χ0v) is 15.0. The summed E-state index contributed by atoms with van der Waals surface area (Å²) in [6.45, 7) is 5.73. The van der Waals surface area contributed by atoms with Gasteiger partial charge in [-0.3, -0.25) is 4.79 Å². The maximum Gasteiger partial charge on any atom is 0.391 e. The minimum atomic E-state index is -4.17. The van der Waals surface area contributed by atoms with Crippen LogP contribution < -0.4 is 5.32 Å².